The number of aromatic nitrogens is 2. The maximum absolute atomic E-state index is 13.2. The Hall–Kier alpha value is -2.58. The number of nitrogens with zero attached hydrogens (tertiary/aromatic N) is 3. The molecule has 174 valence electrons. The molecule has 1 aromatic heterocycles. The van der Waals surface area contributed by atoms with Gasteiger partial charge >= 0.3 is 0 Å². The van der Waals surface area contributed by atoms with E-state index in [2.05, 4.69) is 35.5 Å². The number of halogens is 1. The highest BCUT2D eigenvalue weighted by molar-refractivity contribution is 7.18. The minimum absolute atomic E-state index is 0.245. The molecule has 0 aliphatic heterocycles. The second kappa shape index (κ2) is 19.4. The van der Waals surface area contributed by atoms with Gasteiger partial charge in [-0.3, -0.25) is 0 Å². The van der Waals surface area contributed by atoms with Crippen molar-refractivity contribution in [3.8, 4) is 10.6 Å². The summed E-state index contributed by atoms with van der Waals surface area (Å²) in [6.07, 6.45) is 4.88. The molecule has 2 rings (SSSR count). The van der Waals surface area contributed by atoms with Crippen molar-refractivity contribution < 1.29 is 19.4 Å². The molecule has 0 aliphatic rings. The fourth-order valence-electron chi connectivity index (χ4n) is 2.04. The monoisotopic (exact) mass is 453 g/mol. The molecule has 0 bridgehead atoms. The predicted octanol–water partition coefficient (Wildman–Crippen LogP) is 5.81. The van der Waals surface area contributed by atoms with E-state index in [0.29, 0.717) is 5.76 Å². The van der Waals surface area contributed by atoms with Crippen molar-refractivity contribution in [1.82, 2.24) is 10.2 Å². The highest BCUT2D eigenvalue weighted by Gasteiger charge is 2.11. The molecular weight excluding hydrogens is 417 g/mol. The molecule has 0 radical (unpaired) electrons. The van der Waals surface area contributed by atoms with Gasteiger partial charge in [0.15, 0.2) is 0 Å². The molecule has 0 fully saturated rings. The summed E-state index contributed by atoms with van der Waals surface area (Å²) in [6.45, 7) is 16.7. The Labute approximate surface area is 189 Å². The zero-order valence-corrected chi connectivity index (χ0v) is 20.0. The number of anilines is 1. The van der Waals surface area contributed by atoms with Crippen LogP contribution in [0.25, 0.3) is 10.6 Å². The van der Waals surface area contributed by atoms with Gasteiger partial charge in [0.2, 0.25) is 5.13 Å². The fourth-order valence-corrected chi connectivity index (χ4v) is 2.97. The van der Waals surface area contributed by atoms with E-state index in [1.54, 1.807) is 26.0 Å². The van der Waals surface area contributed by atoms with Crippen LogP contribution >= 0.6 is 11.3 Å². The summed E-state index contributed by atoms with van der Waals surface area (Å²) >= 11 is 1.50. The molecule has 31 heavy (non-hydrogen) atoms. The Morgan fingerprint density at radius 1 is 1.29 bits per heavy atom. The van der Waals surface area contributed by atoms with Gasteiger partial charge in [-0.05, 0) is 51.8 Å². The molecular formula is C23H36FN3O3S. The Bertz CT molecular complexity index is 747. The first-order valence-corrected chi connectivity index (χ1v) is 10.9. The minimum Gasteiger partial charge on any atom is -0.513 e. The average Bonchev–Trinajstić information content (AvgIpc) is 3.24. The van der Waals surface area contributed by atoms with Gasteiger partial charge in [0, 0.05) is 18.7 Å². The van der Waals surface area contributed by atoms with Crippen LogP contribution in [0.4, 0.5) is 9.52 Å². The van der Waals surface area contributed by atoms with E-state index >= 15 is 0 Å². The van der Waals surface area contributed by atoms with Crippen molar-refractivity contribution in [1.29, 1.82) is 0 Å². The van der Waals surface area contributed by atoms with E-state index < -0.39 is 0 Å². The lowest BCUT2D eigenvalue weighted by Gasteiger charge is -2.17. The number of benzene rings is 1. The zero-order chi connectivity index (χ0) is 24.2. The second-order valence-corrected chi connectivity index (χ2v) is 7.17. The standard InChI is InChI=1S/C13H16FN3S.C5H10O.C4H8O.CH2O/c1-3-8-17(4-2)13-16-15-12(18-13)10-6-5-7-11(14)9-10;1-3-4-5(2)6;1-3-4(2)5;1-2/h5-7,9H,3-4,8H2,1-2H3;4,6H,3H2,1-2H3;3-5H,1H2,2H3;1H2/b;5-4+;;. The number of rotatable bonds is 7. The van der Waals surface area contributed by atoms with Crippen molar-refractivity contribution in [2.45, 2.75) is 53.6 Å². The third-order valence-corrected chi connectivity index (χ3v) is 4.51. The zero-order valence-electron chi connectivity index (χ0n) is 19.2. The number of hydrogen-bond donors (Lipinski definition) is 2. The van der Waals surface area contributed by atoms with Crippen LogP contribution in [0.15, 0.2) is 48.8 Å². The topological polar surface area (TPSA) is 86.5 Å². The summed E-state index contributed by atoms with van der Waals surface area (Å²) in [6, 6.07) is 6.46. The van der Waals surface area contributed by atoms with E-state index in [-0.39, 0.29) is 11.9 Å². The smallest absolute Gasteiger partial charge is 0.208 e. The molecule has 1 unspecified atom stereocenters. The largest absolute Gasteiger partial charge is 0.513 e. The summed E-state index contributed by atoms with van der Waals surface area (Å²) < 4.78 is 13.2. The molecule has 2 aromatic rings. The van der Waals surface area contributed by atoms with E-state index in [1.807, 2.05) is 19.8 Å². The quantitative estimate of drug-likeness (QED) is 0.406. The van der Waals surface area contributed by atoms with E-state index in [1.165, 1.54) is 29.5 Å². The lowest BCUT2D eigenvalue weighted by atomic mass is 10.2. The average molecular weight is 454 g/mol. The van der Waals surface area contributed by atoms with Gasteiger partial charge in [0.05, 0.1) is 11.9 Å². The molecule has 8 heteroatoms. The van der Waals surface area contributed by atoms with Crippen LogP contribution in [0.2, 0.25) is 0 Å². The first kappa shape index (κ1) is 30.6. The minimum atomic E-state index is -0.352. The van der Waals surface area contributed by atoms with Crippen LogP contribution < -0.4 is 4.90 Å². The highest BCUT2D eigenvalue weighted by Crippen LogP contribution is 2.28. The molecule has 1 heterocycles. The number of carbonyl (C=O) groups excluding carboxylic acids is 1. The van der Waals surface area contributed by atoms with Crippen LogP contribution in [0.3, 0.4) is 0 Å². The number of hydrogen-bond acceptors (Lipinski definition) is 7. The third-order valence-electron chi connectivity index (χ3n) is 3.47. The van der Waals surface area contributed by atoms with Crippen molar-refractivity contribution in [3.63, 3.8) is 0 Å². The van der Waals surface area contributed by atoms with Gasteiger partial charge in [-0.25, -0.2) is 4.39 Å². The number of aliphatic hydroxyl groups is 2. The van der Waals surface area contributed by atoms with Gasteiger partial charge in [-0.15, -0.1) is 16.8 Å². The predicted molar refractivity (Wildman–Crippen MR) is 129 cm³/mol. The number of carbonyl (C=O) groups is 1. The summed E-state index contributed by atoms with van der Waals surface area (Å²) in [7, 11) is 0. The lowest BCUT2D eigenvalue weighted by molar-refractivity contribution is -0.0980. The molecule has 0 saturated carbocycles. The van der Waals surface area contributed by atoms with Crippen molar-refractivity contribution in [2.75, 3.05) is 18.0 Å². The molecule has 0 saturated heterocycles. The van der Waals surface area contributed by atoms with E-state index in [4.69, 9.17) is 15.0 Å². The van der Waals surface area contributed by atoms with E-state index in [0.717, 1.165) is 41.6 Å². The number of allylic oxidation sites excluding steroid dienone is 2. The SMILES string of the molecule is C=CC(C)O.C=O.CC/C=C(\C)O.CCCN(CC)c1nnc(-c2cccc(F)c2)s1. The fraction of sp³-hybridized carbons (Fsp3) is 0.435. The summed E-state index contributed by atoms with van der Waals surface area (Å²) in [5.74, 6) is 0.169. The maximum Gasteiger partial charge on any atom is 0.208 e. The van der Waals surface area contributed by atoms with Gasteiger partial charge in [0.1, 0.15) is 17.6 Å². The van der Waals surface area contributed by atoms with Gasteiger partial charge in [0.25, 0.3) is 0 Å². The number of aliphatic hydroxyl groups excluding tert-OH is 2. The third kappa shape index (κ3) is 15.0. The Kier molecular flexibility index (Phi) is 19.1. The highest BCUT2D eigenvalue weighted by atomic mass is 32.1. The van der Waals surface area contributed by atoms with Crippen LogP contribution in [-0.4, -0.2) is 46.4 Å². The van der Waals surface area contributed by atoms with Crippen LogP contribution in [0.5, 0.6) is 0 Å². The normalized spacial score (nSPS) is 10.9. The first-order valence-electron chi connectivity index (χ1n) is 10.1. The summed E-state index contributed by atoms with van der Waals surface area (Å²) in [4.78, 5) is 10.2. The molecule has 2 N–H and O–H groups in total. The van der Waals surface area contributed by atoms with Gasteiger partial charge < -0.3 is 19.9 Å². The Balaban J connectivity index is 0. The van der Waals surface area contributed by atoms with Crippen LogP contribution in [0, 0.1) is 5.82 Å². The van der Waals surface area contributed by atoms with Crippen molar-refractivity contribution >= 4 is 23.3 Å². The van der Waals surface area contributed by atoms with Gasteiger partial charge in [-0.2, -0.15) is 0 Å². The Morgan fingerprint density at radius 3 is 2.29 bits per heavy atom. The lowest BCUT2D eigenvalue weighted by Crippen LogP contribution is -2.23. The first-order chi connectivity index (χ1) is 14.8. The molecule has 6 nitrogen and oxygen atoms in total. The summed E-state index contributed by atoms with van der Waals surface area (Å²) in [5, 5.41) is 26.6. The van der Waals surface area contributed by atoms with Gasteiger partial charge in [-0.1, -0.05) is 43.4 Å². The molecule has 1 atom stereocenters. The molecule has 0 aliphatic carbocycles. The van der Waals surface area contributed by atoms with Crippen LogP contribution in [-0.2, 0) is 4.79 Å². The Morgan fingerprint density at radius 2 is 1.90 bits per heavy atom. The molecule has 0 spiro atoms. The van der Waals surface area contributed by atoms with Crippen molar-refractivity contribution in [2.24, 2.45) is 0 Å². The molecule has 1 aromatic carbocycles. The maximum atomic E-state index is 13.2. The molecule has 0 amide bonds. The van der Waals surface area contributed by atoms with Crippen molar-refractivity contribution in [3.05, 3.63) is 54.6 Å². The summed E-state index contributed by atoms with van der Waals surface area (Å²) in [5.41, 5.74) is 0.784. The van der Waals surface area contributed by atoms with E-state index in [9.17, 15) is 4.39 Å². The van der Waals surface area contributed by atoms with Crippen LogP contribution in [0.1, 0.15) is 47.5 Å². The second-order valence-electron chi connectivity index (χ2n) is 6.21.